The van der Waals surface area contributed by atoms with E-state index in [0.29, 0.717) is 0 Å². The van der Waals surface area contributed by atoms with E-state index in [1.807, 2.05) is 24.3 Å². The van der Waals surface area contributed by atoms with Crippen LogP contribution in [0.5, 0.6) is 0 Å². The lowest BCUT2D eigenvalue weighted by Gasteiger charge is -2.42. The first-order chi connectivity index (χ1) is 9.44. The molecule has 0 saturated carbocycles. The fourth-order valence-corrected chi connectivity index (χ4v) is 3.06. The van der Waals surface area contributed by atoms with Crippen molar-refractivity contribution in [2.24, 2.45) is 0 Å². The highest BCUT2D eigenvalue weighted by atomic mass is 35.5. The van der Waals surface area contributed by atoms with Crippen LogP contribution in [-0.2, 0) is 4.74 Å². The number of aromatic nitrogens is 2. The molecule has 0 aliphatic carbocycles. The first-order valence-electron chi connectivity index (χ1n) is 6.80. The fourth-order valence-electron chi connectivity index (χ4n) is 2.89. The Morgan fingerprint density at radius 1 is 1.30 bits per heavy atom. The summed E-state index contributed by atoms with van der Waals surface area (Å²) in [6, 6.07) is 7.95. The maximum Gasteiger partial charge on any atom is 0.224 e. The Morgan fingerprint density at radius 2 is 2.05 bits per heavy atom. The van der Waals surface area contributed by atoms with E-state index in [0.717, 1.165) is 29.8 Å². The van der Waals surface area contributed by atoms with Crippen molar-refractivity contribution in [3.63, 3.8) is 0 Å². The van der Waals surface area contributed by atoms with Crippen molar-refractivity contribution >= 4 is 28.3 Å². The summed E-state index contributed by atoms with van der Waals surface area (Å²) in [5.41, 5.74) is 0.676. The molecule has 1 aromatic carbocycles. The molecule has 0 N–H and O–H groups in total. The van der Waals surface area contributed by atoms with E-state index in [1.54, 1.807) is 0 Å². The van der Waals surface area contributed by atoms with E-state index in [4.69, 9.17) is 16.3 Å². The van der Waals surface area contributed by atoms with Gasteiger partial charge < -0.3 is 9.64 Å². The van der Waals surface area contributed by atoms with Crippen molar-refractivity contribution in [1.82, 2.24) is 9.97 Å². The van der Waals surface area contributed by atoms with Gasteiger partial charge in [0.15, 0.2) is 0 Å². The number of fused-ring (bicyclic) bond motifs is 1. The number of nitrogens with zero attached hydrogens (tertiary/aromatic N) is 3. The highest BCUT2D eigenvalue weighted by Gasteiger charge is 2.32. The van der Waals surface area contributed by atoms with Crippen LogP contribution >= 0.6 is 11.6 Å². The van der Waals surface area contributed by atoms with Crippen molar-refractivity contribution in [1.29, 1.82) is 0 Å². The molecule has 106 valence electrons. The summed E-state index contributed by atoms with van der Waals surface area (Å²) >= 11 is 6.07. The zero-order chi connectivity index (χ0) is 14.3. The minimum atomic E-state index is -0.198. The van der Waals surface area contributed by atoms with Crippen LogP contribution in [0.2, 0.25) is 5.28 Å². The molecule has 2 heterocycles. The van der Waals surface area contributed by atoms with Gasteiger partial charge >= 0.3 is 0 Å². The highest BCUT2D eigenvalue weighted by molar-refractivity contribution is 6.28. The lowest BCUT2D eigenvalue weighted by molar-refractivity contribution is -0.0751. The van der Waals surface area contributed by atoms with Crippen LogP contribution in [0.4, 0.5) is 5.82 Å². The van der Waals surface area contributed by atoms with Gasteiger partial charge in [-0.2, -0.15) is 4.98 Å². The first-order valence-corrected chi connectivity index (χ1v) is 7.17. The number of ether oxygens (including phenoxy) is 1. The lowest BCUT2D eigenvalue weighted by atomic mass is 10.0. The standard InChI is InChI=1S/C15H18ClN3O/c1-10-8-19(9-15(2,3)20-10)13-11-6-4-5-7-12(11)17-14(16)18-13/h4-7,10H,8-9H2,1-3H3. The molecule has 5 heteroatoms. The van der Waals surface area contributed by atoms with Crippen LogP contribution in [0.25, 0.3) is 10.9 Å². The molecule has 4 nitrogen and oxygen atoms in total. The highest BCUT2D eigenvalue weighted by Crippen LogP contribution is 2.30. The predicted molar refractivity (Wildman–Crippen MR) is 81.4 cm³/mol. The van der Waals surface area contributed by atoms with Gasteiger partial charge in [-0.3, -0.25) is 0 Å². The smallest absolute Gasteiger partial charge is 0.224 e. The van der Waals surface area contributed by atoms with Gasteiger partial charge in [0.1, 0.15) is 5.82 Å². The molecule has 1 atom stereocenters. The van der Waals surface area contributed by atoms with E-state index in [2.05, 4.69) is 35.6 Å². The minimum absolute atomic E-state index is 0.159. The van der Waals surface area contributed by atoms with E-state index < -0.39 is 0 Å². The molecule has 20 heavy (non-hydrogen) atoms. The summed E-state index contributed by atoms with van der Waals surface area (Å²) in [7, 11) is 0. The topological polar surface area (TPSA) is 38.2 Å². The molecule has 1 aromatic heterocycles. The van der Waals surface area contributed by atoms with Crippen molar-refractivity contribution in [3.05, 3.63) is 29.5 Å². The third kappa shape index (κ3) is 2.58. The van der Waals surface area contributed by atoms with Crippen LogP contribution in [0.15, 0.2) is 24.3 Å². The Labute approximate surface area is 123 Å². The second-order valence-electron chi connectivity index (χ2n) is 5.90. The van der Waals surface area contributed by atoms with Crippen molar-refractivity contribution < 1.29 is 4.74 Å². The molecule has 0 bridgehead atoms. The van der Waals surface area contributed by atoms with Crippen LogP contribution in [0, 0.1) is 0 Å². The van der Waals surface area contributed by atoms with Crippen LogP contribution in [0.1, 0.15) is 20.8 Å². The summed E-state index contributed by atoms with van der Waals surface area (Å²) in [4.78, 5) is 11.0. The van der Waals surface area contributed by atoms with Crippen molar-refractivity contribution in [3.8, 4) is 0 Å². The minimum Gasteiger partial charge on any atom is -0.369 e. The number of halogens is 1. The number of rotatable bonds is 1. The van der Waals surface area contributed by atoms with Gasteiger partial charge in [-0.1, -0.05) is 12.1 Å². The molecule has 0 spiro atoms. The quantitative estimate of drug-likeness (QED) is 0.756. The SMILES string of the molecule is CC1CN(c2nc(Cl)nc3ccccc23)CC(C)(C)O1. The van der Waals surface area contributed by atoms with E-state index in [9.17, 15) is 0 Å². The second-order valence-corrected chi connectivity index (χ2v) is 6.24. The predicted octanol–water partition coefficient (Wildman–Crippen LogP) is 3.29. The van der Waals surface area contributed by atoms with Crippen LogP contribution in [0.3, 0.4) is 0 Å². The molecule has 0 amide bonds. The normalized spacial score (nSPS) is 22.2. The van der Waals surface area contributed by atoms with Crippen molar-refractivity contribution in [2.45, 2.75) is 32.5 Å². The summed E-state index contributed by atoms with van der Waals surface area (Å²) in [6.45, 7) is 7.87. The maximum atomic E-state index is 6.07. The number of para-hydroxylation sites is 1. The Hall–Kier alpha value is -1.39. The molecule has 1 aliphatic rings. The van der Waals surface area contributed by atoms with Gasteiger partial charge in [-0.15, -0.1) is 0 Å². The van der Waals surface area contributed by atoms with Gasteiger partial charge in [0, 0.05) is 18.5 Å². The molecule has 0 radical (unpaired) electrons. The third-order valence-corrected chi connectivity index (χ3v) is 3.59. The first kappa shape index (κ1) is 13.6. The molecular weight excluding hydrogens is 274 g/mol. The number of benzene rings is 1. The summed E-state index contributed by atoms with van der Waals surface area (Å²) in [5.74, 6) is 0.892. The Balaban J connectivity index is 2.09. The van der Waals surface area contributed by atoms with Crippen LogP contribution in [-0.4, -0.2) is 34.8 Å². The van der Waals surface area contributed by atoms with E-state index >= 15 is 0 Å². The van der Waals surface area contributed by atoms with E-state index in [-0.39, 0.29) is 17.0 Å². The largest absolute Gasteiger partial charge is 0.369 e. The number of hydrogen-bond acceptors (Lipinski definition) is 4. The monoisotopic (exact) mass is 291 g/mol. The molecule has 1 unspecified atom stereocenters. The van der Waals surface area contributed by atoms with Gasteiger partial charge in [0.05, 0.1) is 17.2 Å². The second kappa shape index (κ2) is 4.86. The van der Waals surface area contributed by atoms with E-state index in [1.165, 1.54) is 0 Å². The van der Waals surface area contributed by atoms with Gasteiger partial charge in [0.25, 0.3) is 0 Å². The third-order valence-electron chi connectivity index (χ3n) is 3.42. The number of morpholine rings is 1. The molecule has 2 aromatic rings. The maximum absolute atomic E-state index is 6.07. The molecule has 3 rings (SSSR count). The van der Waals surface area contributed by atoms with Crippen molar-refractivity contribution in [2.75, 3.05) is 18.0 Å². The molecular formula is C15H18ClN3O. The average Bonchev–Trinajstić information content (AvgIpc) is 2.35. The van der Waals surface area contributed by atoms with Gasteiger partial charge in [0.2, 0.25) is 5.28 Å². The Bertz CT molecular complexity index is 644. The number of hydrogen-bond donors (Lipinski definition) is 0. The summed E-state index contributed by atoms with van der Waals surface area (Å²) in [5, 5.41) is 1.32. The Kier molecular flexibility index (Phi) is 3.30. The van der Waals surface area contributed by atoms with Crippen LogP contribution < -0.4 is 4.90 Å². The zero-order valence-electron chi connectivity index (χ0n) is 11.9. The average molecular weight is 292 g/mol. The molecule has 1 fully saturated rings. The Morgan fingerprint density at radius 3 is 2.80 bits per heavy atom. The fraction of sp³-hybridized carbons (Fsp3) is 0.467. The summed E-state index contributed by atoms with van der Waals surface area (Å²) < 4.78 is 5.95. The lowest BCUT2D eigenvalue weighted by Crippen LogP contribution is -2.52. The zero-order valence-corrected chi connectivity index (χ0v) is 12.7. The molecule has 1 saturated heterocycles. The summed E-state index contributed by atoms with van der Waals surface area (Å²) in [6.07, 6.45) is 0.159. The number of anilines is 1. The van der Waals surface area contributed by atoms with Gasteiger partial charge in [-0.25, -0.2) is 4.98 Å². The van der Waals surface area contributed by atoms with Gasteiger partial charge in [-0.05, 0) is 44.5 Å². The molecule has 1 aliphatic heterocycles.